The molecule has 3 aromatic rings. The van der Waals surface area contributed by atoms with E-state index in [1.807, 2.05) is 23.2 Å². The van der Waals surface area contributed by atoms with Crippen LogP contribution in [0.5, 0.6) is 0 Å². The van der Waals surface area contributed by atoms with Crippen molar-refractivity contribution in [2.24, 2.45) is 4.99 Å². The number of aliphatic imine (C=N–C) groups is 1. The number of nitrogens with zero attached hydrogens (tertiary/aromatic N) is 8. The molecule has 1 N–H and O–H groups in total. The van der Waals surface area contributed by atoms with Crippen LogP contribution in [0.1, 0.15) is 54.7 Å². The monoisotopic (exact) mass is 507 g/mol. The second kappa shape index (κ2) is 9.17. The number of fused-ring (bicyclic) bond motifs is 2. The predicted octanol–water partition coefficient (Wildman–Crippen LogP) is 3.72. The highest BCUT2D eigenvalue weighted by Crippen LogP contribution is 2.53. The van der Waals surface area contributed by atoms with Crippen molar-refractivity contribution in [3.63, 3.8) is 0 Å². The van der Waals surface area contributed by atoms with E-state index >= 15 is 0 Å². The minimum Gasteiger partial charge on any atom is -0.386 e. The highest BCUT2D eigenvalue weighted by Gasteiger charge is 2.47. The van der Waals surface area contributed by atoms with E-state index in [2.05, 4.69) is 40.1 Å². The summed E-state index contributed by atoms with van der Waals surface area (Å²) in [4.78, 5) is 41.1. The number of nitrogens with one attached hydrogen (secondary N) is 1. The van der Waals surface area contributed by atoms with Gasteiger partial charge in [0.1, 0.15) is 11.5 Å². The largest absolute Gasteiger partial charge is 0.386 e. The lowest BCUT2D eigenvalue weighted by Crippen LogP contribution is -2.59. The van der Waals surface area contributed by atoms with E-state index < -0.39 is 0 Å². The number of aromatic nitrogens is 4. The van der Waals surface area contributed by atoms with Crippen LogP contribution in [0.2, 0.25) is 0 Å². The Hall–Kier alpha value is -4.39. The number of rotatable bonds is 4. The van der Waals surface area contributed by atoms with Gasteiger partial charge in [-0.2, -0.15) is 5.26 Å². The smallest absolute Gasteiger partial charge is 0.274 e. The fourth-order valence-electron chi connectivity index (χ4n) is 5.73. The summed E-state index contributed by atoms with van der Waals surface area (Å²) in [6, 6.07) is 9.15. The molecule has 1 spiro atoms. The fourth-order valence-corrected chi connectivity index (χ4v) is 5.73. The van der Waals surface area contributed by atoms with Crippen molar-refractivity contribution in [3.05, 3.63) is 53.5 Å². The summed E-state index contributed by atoms with van der Waals surface area (Å²) in [5, 5.41) is 12.5. The number of hydrogen-bond acceptors (Lipinski definition) is 9. The van der Waals surface area contributed by atoms with Crippen LogP contribution in [0.4, 0.5) is 17.3 Å². The molecule has 0 aromatic carbocycles. The molecule has 10 nitrogen and oxygen atoms in total. The van der Waals surface area contributed by atoms with Gasteiger partial charge in [0.05, 0.1) is 22.9 Å². The molecule has 1 aliphatic carbocycles. The van der Waals surface area contributed by atoms with Crippen LogP contribution in [0, 0.1) is 11.3 Å². The SMILES string of the molecule is CNc1cccnc1C(=O)N1C[C@H](C)N(c2nc(-c3cc(C#N)ccn3)nc3c2C2(C=N3)CCC2)C[C@H]1C. The molecule has 0 unspecified atom stereocenters. The number of amides is 1. The third-order valence-corrected chi connectivity index (χ3v) is 7.97. The van der Waals surface area contributed by atoms with Gasteiger partial charge in [-0.1, -0.05) is 6.42 Å². The van der Waals surface area contributed by atoms with Crippen molar-refractivity contribution >= 4 is 29.4 Å². The molecule has 3 aromatic heterocycles. The first kappa shape index (κ1) is 24.0. The zero-order chi connectivity index (χ0) is 26.4. The summed E-state index contributed by atoms with van der Waals surface area (Å²) in [6.45, 7) is 5.33. The molecule has 38 heavy (non-hydrogen) atoms. The average molecular weight is 508 g/mol. The lowest BCUT2D eigenvalue weighted by atomic mass is 9.66. The standard InChI is InChI=1S/C28H29N9O/c1-17-15-37(27(38)23-20(30-3)6-4-10-32-23)18(2)14-36(17)26-22-25(33-16-28(22)8-5-9-28)34-24(35-26)21-12-19(13-29)7-11-31-21/h4,6-7,10-12,16-18,30H,5,8-9,14-15H2,1-3H3/t17-,18+/m0/s1. The highest BCUT2D eigenvalue weighted by atomic mass is 16.2. The van der Waals surface area contributed by atoms with Crippen molar-refractivity contribution in [1.82, 2.24) is 24.8 Å². The molecule has 1 saturated heterocycles. The minimum absolute atomic E-state index is 0.000114. The van der Waals surface area contributed by atoms with Gasteiger partial charge in [-0.05, 0) is 51.0 Å². The van der Waals surface area contributed by atoms with E-state index in [1.165, 1.54) is 0 Å². The Kier molecular flexibility index (Phi) is 5.79. The van der Waals surface area contributed by atoms with Gasteiger partial charge in [-0.25, -0.2) is 19.9 Å². The van der Waals surface area contributed by atoms with Crippen LogP contribution in [0.15, 0.2) is 41.7 Å². The first-order valence-corrected chi connectivity index (χ1v) is 13.0. The maximum Gasteiger partial charge on any atom is 0.274 e. The van der Waals surface area contributed by atoms with Crippen LogP contribution in [-0.4, -0.2) is 69.2 Å². The van der Waals surface area contributed by atoms with E-state index in [9.17, 15) is 10.1 Å². The average Bonchev–Trinajstić information content (AvgIpc) is 3.34. The molecule has 10 heteroatoms. The predicted molar refractivity (Wildman–Crippen MR) is 145 cm³/mol. The molecule has 2 aliphatic heterocycles. The quantitative estimate of drug-likeness (QED) is 0.567. The van der Waals surface area contributed by atoms with Crippen molar-refractivity contribution in [3.8, 4) is 17.6 Å². The molecule has 0 radical (unpaired) electrons. The molecule has 6 rings (SSSR count). The minimum atomic E-state index is -0.128. The molecule has 2 atom stereocenters. The summed E-state index contributed by atoms with van der Waals surface area (Å²) in [5.74, 6) is 1.90. The van der Waals surface area contributed by atoms with Gasteiger partial charge in [0, 0.05) is 56.2 Å². The summed E-state index contributed by atoms with van der Waals surface area (Å²) in [6.07, 6.45) is 8.48. The van der Waals surface area contributed by atoms with Gasteiger partial charge >= 0.3 is 0 Å². The van der Waals surface area contributed by atoms with Crippen molar-refractivity contribution in [2.75, 3.05) is 30.4 Å². The third kappa shape index (κ3) is 3.77. The van der Waals surface area contributed by atoms with Gasteiger partial charge in [-0.3, -0.25) is 9.78 Å². The Morgan fingerprint density at radius 2 is 1.97 bits per heavy atom. The second-order valence-corrected chi connectivity index (χ2v) is 10.3. The van der Waals surface area contributed by atoms with Crippen LogP contribution in [-0.2, 0) is 5.41 Å². The normalized spacial score (nSPS) is 21.1. The number of carbonyl (C=O) groups is 1. The van der Waals surface area contributed by atoms with E-state index in [0.29, 0.717) is 47.4 Å². The molecule has 1 saturated carbocycles. The Bertz CT molecular complexity index is 1490. The summed E-state index contributed by atoms with van der Waals surface area (Å²) in [5.41, 5.74) is 3.14. The Morgan fingerprint density at radius 3 is 2.71 bits per heavy atom. The number of piperazine rings is 1. The topological polar surface area (TPSA) is 123 Å². The van der Waals surface area contributed by atoms with Gasteiger partial charge in [0.25, 0.3) is 5.91 Å². The number of nitriles is 1. The molecule has 0 bridgehead atoms. The molecule has 2 fully saturated rings. The van der Waals surface area contributed by atoms with Crippen molar-refractivity contribution in [2.45, 2.75) is 50.6 Å². The summed E-state index contributed by atoms with van der Waals surface area (Å²) in [7, 11) is 1.80. The molecule has 192 valence electrons. The van der Waals surface area contributed by atoms with Gasteiger partial charge < -0.3 is 15.1 Å². The maximum absolute atomic E-state index is 13.5. The van der Waals surface area contributed by atoms with Gasteiger partial charge in [0.15, 0.2) is 17.3 Å². The molecule has 3 aliphatic rings. The summed E-state index contributed by atoms with van der Waals surface area (Å²) >= 11 is 0. The third-order valence-electron chi connectivity index (χ3n) is 7.97. The lowest BCUT2D eigenvalue weighted by molar-refractivity contribution is 0.0639. The van der Waals surface area contributed by atoms with Crippen LogP contribution < -0.4 is 10.2 Å². The zero-order valence-electron chi connectivity index (χ0n) is 21.7. The van der Waals surface area contributed by atoms with Crippen LogP contribution in [0.25, 0.3) is 11.5 Å². The number of pyridine rings is 2. The van der Waals surface area contributed by atoms with E-state index in [4.69, 9.17) is 15.0 Å². The van der Waals surface area contributed by atoms with Crippen molar-refractivity contribution < 1.29 is 4.79 Å². The first-order chi connectivity index (χ1) is 18.4. The maximum atomic E-state index is 13.5. The molecular weight excluding hydrogens is 478 g/mol. The zero-order valence-corrected chi connectivity index (χ0v) is 21.7. The van der Waals surface area contributed by atoms with Crippen LogP contribution in [0.3, 0.4) is 0 Å². The van der Waals surface area contributed by atoms with E-state index in [0.717, 1.165) is 30.6 Å². The first-order valence-electron chi connectivity index (χ1n) is 13.0. The number of anilines is 2. The van der Waals surface area contributed by atoms with Gasteiger partial charge in [0.2, 0.25) is 0 Å². The molecule has 5 heterocycles. The van der Waals surface area contributed by atoms with E-state index in [-0.39, 0.29) is 23.4 Å². The Morgan fingerprint density at radius 1 is 1.13 bits per heavy atom. The Labute approximate surface area is 221 Å². The number of hydrogen-bond donors (Lipinski definition) is 1. The lowest BCUT2D eigenvalue weighted by Gasteiger charge is -2.46. The second-order valence-electron chi connectivity index (χ2n) is 10.3. The molecular formula is C28H29N9O. The highest BCUT2D eigenvalue weighted by molar-refractivity contribution is 5.98. The van der Waals surface area contributed by atoms with Gasteiger partial charge in [-0.15, -0.1) is 0 Å². The fraction of sp³-hybridized carbons (Fsp3) is 0.393. The number of carbonyl (C=O) groups excluding carboxylic acids is 1. The van der Waals surface area contributed by atoms with Crippen LogP contribution >= 0.6 is 0 Å². The van der Waals surface area contributed by atoms with E-state index in [1.54, 1.807) is 31.6 Å². The molecule has 1 amide bonds. The Balaban J connectivity index is 1.38. The summed E-state index contributed by atoms with van der Waals surface area (Å²) < 4.78 is 0. The van der Waals surface area contributed by atoms with Crippen molar-refractivity contribution in [1.29, 1.82) is 5.26 Å².